The van der Waals surface area contributed by atoms with Crippen molar-refractivity contribution < 1.29 is 32.3 Å². The van der Waals surface area contributed by atoms with E-state index >= 15 is 0 Å². The highest BCUT2D eigenvalue weighted by molar-refractivity contribution is 5.94. The maximum atomic E-state index is 13.0. The molecule has 31 heavy (non-hydrogen) atoms. The second-order valence-electron chi connectivity index (χ2n) is 9.32. The van der Waals surface area contributed by atoms with Crippen LogP contribution in [0.4, 0.5) is 17.6 Å². The third kappa shape index (κ3) is 5.96. The first kappa shape index (κ1) is 25.1. The van der Waals surface area contributed by atoms with Crippen LogP contribution in [0, 0.1) is 11.3 Å². The van der Waals surface area contributed by atoms with E-state index in [2.05, 4.69) is 5.32 Å². The van der Waals surface area contributed by atoms with Gasteiger partial charge in [0.2, 0.25) is 0 Å². The molecule has 2 rings (SSSR count). The van der Waals surface area contributed by atoms with Crippen LogP contribution in [0.5, 0.6) is 0 Å². The van der Waals surface area contributed by atoms with E-state index < -0.39 is 35.3 Å². The standard InChI is InChI=1S/C22H30F4N2O3/c1-20(2,3)21(4,31)19(30)28-7-5-14(6-8-28)13-27-18(29)16-9-15(12-23)10-17(11-16)22(24,25)26/h9-11,14,31H,5-8,12-13H2,1-4H3,(H,27,29). The van der Waals surface area contributed by atoms with Crippen molar-refractivity contribution in [2.45, 2.75) is 59.0 Å². The van der Waals surface area contributed by atoms with Gasteiger partial charge in [0.1, 0.15) is 12.3 Å². The minimum atomic E-state index is -4.67. The number of alkyl halides is 4. The number of rotatable bonds is 5. The molecule has 174 valence electrons. The van der Waals surface area contributed by atoms with Crippen LogP contribution in [-0.2, 0) is 17.6 Å². The molecule has 1 atom stereocenters. The van der Waals surface area contributed by atoms with E-state index in [-0.39, 0.29) is 29.5 Å². The summed E-state index contributed by atoms with van der Waals surface area (Å²) in [5.41, 5.74) is -3.65. The molecule has 1 saturated heterocycles. The van der Waals surface area contributed by atoms with Gasteiger partial charge in [-0.3, -0.25) is 9.59 Å². The summed E-state index contributed by atoms with van der Waals surface area (Å²) in [5.74, 6) is -1.00. The molecule has 0 saturated carbocycles. The minimum absolute atomic E-state index is 0.0408. The third-order valence-electron chi connectivity index (χ3n) is 6.07. The molecule has 0 bridgehead atoms. The average Bonchev–Trinajstić information content (AvgIpc) is 2.69. The molecule has 9 heteroatoms. The van der Waals surface area contributed by atoms with Crippen LogP contribution in [0.2, 0.25) is 0 Å². The van der Waals surface area contributed by atoms with Gasteiger partial charge < -0.3 is 15.3 Å². The largest absolute Gasteiger partial charge is 0.416 e. The summed E-state index contributed by atoms with van der Waals surface area (Å²) in [4.78, 5) is 26.6. The smallest absolute Gasteiger partial charge is 0.380 e. The molecule has 5 nitrogen and oxygen atoms in total. The van der Waals surface area contributed by atoms with Crippen molar-refractivity contribution in [3.63, 3.8) is 0 Å². The van der Waals surface area contributed by atoms with Crippen molar-refractivity contribution in [1.82, 2.24) is 10.2 Å². The van der Waals surface area contributed by atoms with Gasteiger partial charge in [0, 0.05) is 25.2 Å². The summed E-state index contributed by atoms with van der Waals surface area (Å²) in [5, 5.41) is 13.2. The Labute approximate surface area is 179 Å². The number of amides is 2. The summed E-state index contributed by atoms with van der Waals surface area (Å²) in [6.45, 7) is 6.83. The SMILES string of the molecule is CC(C)(C)C(C)(O)C(=O)N1CCC(CNC(=O)c2cc(CF)cc(C(F)(F)F)c2)CC1. The lowest BCUT2D eigenvalue weighted by atomic mass is 9.76. The van der Waals surface area contributed by atoms with E-state index in [9.17, 15) is 32.3 Å². The molecule has 1 aromatic carbocycles. The Balaban J connectivity index is 1.95. The zero-order chi connectivity index (χ0) is 23.6. The van der Waals surface area contributed by atoms with Gasteiger partial charge in [-0.15, -0.1) is 0 Å². The van der Waals surface area contributed by atoms with E-state index in [0.717, 1.165) is 6.07 Å². The van der Waals surface area contributed by atoms with Gasteiger partial charge in [-0.2, -0.15) is 13.2 Å². The lowest BCUT2D eigenvalue weighted by Gasteiger charge is -2.41. The predicted molar refractivity (Wildman–Crippen MR) is 108 cm³/mol. The fourth-order valence-corrected chi connectivity index (χ4v) is 3.37. The fourth-order valence-electron chi connectivity index (χ4n) is 3.37. The van der Waals surface area contributed by atoms with Crippen LogP contribution in [0.1, 0.15) is 62.0 Å². The van der Waals surface area contributed by atoms with E-state index in [1.54, 1.807) is 25.7 Å². The zero-order valence-electron chi connectivity index (χ0n) is 18.3. The summed E-state index contributed by atoms with van der Waals surface area (Å²) >= 11 is 0. The number of hydrogen-bond donors (Lipinski definition) is 2. The predicted octanol–water partition coefficient (Wildman–Crippen LogP) is 3.94. The number of carbonyl (C=O) groups excluding carboxylic acids is 2. The molecule has 1 aliphatic heterocycles. The maximum Gasteiger partial charge on any atom is 0.416 e. The second kappa shape index (κ2) is 9.14. The molecular weight excluding hydrogens is 416 g/mol. The van der Waals surface area contributed by atoms with Crippen molar-refractivity contribution in [2.24, 2.45) is 11.3 Å². The van der Waals surface area contributed by atoms with Gasteiger partial charge in [0.15, 0.2) is 0 Å². The molecule has 0 spiro atoms. The normalized spacial score (nSPS) is 17.9. The van der Waals surface area contributed by atoms with E-state index in [1.165, 1.54) is 6.92 Å². The number of nitrogens with one attached hydrogen (secondary N) is 1. The molecule has 2 N–H and O–H groups in total. The molecule has 0 aliphatic carbocycles. The Morgan fingerprint density at radius 1 is 1.10 bits per heavy atom. The lowest BCUT2D eigenvalue weighted by Crippen LogP contribution is -2.56. The first-order valence-corrected chi connectivity index (χ1v) is 10.2. The van der Waals surface area contributed by atoms with Crippen molar-refractivity contribution in [3.8, 4) is 0 Å². The summed E-state index contributed by atoms with van der Waals surface area (Å²) < 4.78 is 51.9. The van der Waals surface area contributed by atoms with Gasteiger partial charge in [-0.05, 0) is 54.9 Å². The van der Waals surface area contributed by atoms with Crippen LogP contribution in [0.25, 0.3) is 0 Å². The Morgan fingerprint density at radius 3 is 2.16 bits per heavy atom. The lowest BCUT2D eigenvalue weighted by molar-refractivity contribution is -0.162. The Bertz CT molecular complexity index is 808. The number of nitrogens with zero attached hydrogens (tertiary/aromatic N) is 1. The van der Waals surface area contributed by atoms with Crippen LogP contribution in [-0.4, -0.2) is 47.1 Å². The monoisotopic (exact) mass is 446 g/mol. The molecule has 1 aromatic rings. The molecule has 1 unspecified atom stereocenters. The number of halogens is 4. The number of benzene rings is 1. The first-order chi connectivity index (χ1) is 14.2. The molecule has 0 aromatic heterocycles. The Kier molecular flexibility index (Phi) is 7.40. The molecule has 1 heterocycles. The van der Waals surface area contributed by atoms with Gasteiger partial charge in [0.25, 0.3) is 11.8 Å². The fraction of sp³-hybridized carbons (Fsp3) is 0.636. The second-order valence-corrected chi connectivity index (χ2v) is 9.32. The van der Waals surface area contributed by atoms with Crippen LogP contribution >= 0.6 is 0 Å². The van der Waals surface area contributed by atoms with Crippen molar-refractivity contribution in [2.75, 3.05) is 19.6 Å². The summed E-state index contributed by atoms with van der Waals surface area (Å²) in [6, 6.07) is 2.51. The van der Waals surface area contributed by atoms with Gasteiger partial charge >= 0.3 is 6.18 Å². The topological polar surface area (TPSA) is 69.6 Å². The Hall–Kier alpha value is -2.16. The van der Waals surface area contributed by atoms with E-state index in [0.29, 0.717) is 38.1 Å². The van der Waals surface area contributed by atoms with E-state index in [4.69, 9.17) is 0 Å². The quantitative estimate of drug-likeness (QED) is 0.674. The van der Waals surface area contributed by atoms with Gasteiger partial charge in [-0.25, -0.2) is 4.39 Å². The maximum absolute atomic E-state index is 13.0. The molecule has 0 radical (unpaired) electrons. The molecule has 1 aliphatic rings. The van der Waals surface area contributed by atoms with Gasteiger partial charge in [-0.1, -0.05) is 20.8 Å². The van der Waals surface area contributed by atoms with Crippen LogP contribution in [0.3, 0.4) is 0 Å². The Morgan fingerprint density at radius 2 is 1.68 bits per heavy atom. The summed E-state index contributed by atoms with van der Waals surface area (Å²) in [6.07, 6.45) is -3.50. The summed E-state index contributed by atoms with van der Waals surface area (Å²) in [7, 11) is 0. The number of hydrogen-bond acceptors (Lipinski definition) is 3. The van der Waals surface area contributed by atoms with Crippen LogP contribution in [0.15, 0.2) is 18.2 Å². The van der Waals surface area contributed by atoms with Crippen LogP contribution < -0.4 is 5.32 Å². The highest BCUT2D eigenvalue weighted by Gasteiger charge is 2.45. The number of likely N-dealkylation sites (tertiary alicyclic amines) is 1. The average molecular weight is 446 g/mol. The molecule has 1 fully saturated rings. The van der Waals surface area contributed by atoms with Crippen molar-refractivity contribution >= 4 is 11.8 Å². The van der Waals surface area contributed by atoms with Crippen molar-refractivity contribution in [3.05, 3.63) is 34.9 Å². The third-order valence-corrected chi connectivity index (χ3v) is 6.07. The van der Waals surface area contributed by atoms with Gasteiger partial charge in [0.05, 0.1) is 5.56 Å². The number of carbonyl (C=O) groups is 2. The number of aliphatic hydroxyl groups is 1. The molecule has 2 amide bonds. The van der Waals surface area contributed by atoms with E-state index in [1.807, 2.05) is 0 Å². The number of piperidine rings is 1. The van der Waals surface area contributed by atoms with Crippen molar-refractivity contribution in [1.29, 1.82) is 0 Å². The molecular formula is C22H30F4N2O3. The zero-order valence-corrected chi connectivity index (χ0v) is 18.3. The highest BCUT2D eigenvalue weighted by Crippen LogP contribution is 2.33. The minimum Gasteiger partial charge on any atom is -0.380 e. The first-order valence-electron chi connectivity index (χ1n) is 10.2. The highest BCUT2D eigenvalue weighted by atomic mass is 19.4.